The molecule has 0 unspecified atom stereocenters. The van der Waals surface area contributed by atoms with Crippen LogP contribution in [0.1, 0.15) is 17.0 Å². The van der Waals surface area contributed by atoms with Gasteiger partial charge in [0, 0.05) is 19.0 Å². The third kappa shape index (κ3) is 4.19. The molecule has 2 aromatic heterocycles. The number of rotatable bonds is 7. The monoisotopic (exact) mass is 402 g/mol. The Morgan fingerprint density at radius 1 is 1.32 bits per heavy atom. The van der Waals surface area contributed by atoms with Gasteiger partial charge >= 0.3 is 0 Å². The number of hydrogen-bond acceptors (Lipinski definition) is 6. The van der Waals surface area contributed by atoms with E-state index < -0.39 is 0 Å². The van der Waals surface area contributed by atoms with Crippen LogP contribution in [0.25, 0.3) is 10.2 Å². The predicted molar refractivity (Wildman–Crippen MR) is 108 cm³/mol. The van der Waals surface area contributed by atoms with E-state index in [0.29, 0.717) is 17.4 Å². The second-order valence-electron chi connectivity index (χ2n) is 6.73. The summed E-state index contributed by atoms with van der Waals surface area (Å²) in [5.74, 6) is 0.924. The van der Waals surface area contributed by atoms with E-state index in [4.69, 9.17) is 18.9 Å². The van der Waals surface area contributed by atoms with E-state index in [-0.39, 0.29) is 5.91 Å². The number of nitrogens with one attached hydrogen (secondary N) is 1. The lowest BCUT2D eigenvalue weighted by atomic mass is 10.3. The number of hydrogen-bond donors (Lipinski definition) is 1. The van der Waals surface area contributed by atoms with Crippen LogP contribution in [0, 0.1) is 0 Å². The Bertz CT molecular complexity index is 919. The van der Waals surface area contributed by atoms with Crippen LogP contribution >= 0.6 is 11.3 Å². The topological polar surface area (TPSA) is 69.2 Å². The third-order valence-electron chi connectivity index (χ3n) is 4.90. The molecule has 4 rings (SSSR count). The molecule has 1 aliphatic heterocycles. The molecule has 0 radical (unpaired) electrons. The summed E-state index contributed by atoms with van der Waals surface area (Å²) in [5.41, 5.74) is 0.829. The lowest BCUT2D eigenvalue weighted by Crippen LogP contribution is -3.14. The highest BCUT2D eigenvalue weighted by atomic mass is 32.1. The Labute approximate surface area is 167 Å². The molecule has 148 valence electrons. The maximum Gasteiger partial charge on any atom is 0.295 e. The SMILES string of the molecule is COc1ccc2sc(N(CCC[NH+]3CCOCC3)C(=O)c3ccco3)nc2c1. The molecule has 1 amide bonds. The lowest BCUT2D eigenvalue weighted by Gasteiger charge is -2.25. The summed E-state index contributed by atoms with van der Waals surface area (Å²) >= 11 is 1.51. The van der Waals surface area contributed by atoms with Gasteiger partial charge in [0.2, 0.25) is 0 Å². The number of ether oxygens (including phenoxy) is 2. The summed E-state index contributed by atoms with van der Waals surface area (Å²) in [7, 11) is 1.63. The smallest absolute Gasteiger partial charge is 0.295 e. The average Bonchev–Trinajstić information content (AvgIpc) is 3.40. The number of thiazole rings is 1. The maximum atomic E-state index is 13.0. The Balaban J connectivity index is 1.54. The molecule has 1 saturated heterocycles. The van der Waals surface area contributed by atoms with Gasteiger partial charge in [0.1, 0.15) is 18.8 Å². The van der Waals surface area contributed by atoms with E-state index in [0.717, 1.165) is 55.2 Å². The Morgan fingerprint density at radius 2 is 2.18 bits per heavy atom. The van der Waals surface area contributed by atoms with Gasteiger partial charge < -0.3 is 18.8 Å². The minimum absolute atomic E-state index is 0.159. The first kappa shape index (κ1) is 18.9. The molecular formula is C20H24N3O4S+. The number of fused-ring (bicyclic) bond motifs is 1. The van der Waals surface area contributed by atoms with Crippen molar-refractivity contribution < 1.29 is 23.6 Å². The Morgan fingerprint density at radius 3 is 2.93 bits per heavy atom. The molecule has 1 fully saturated rings. The second-order valence-corrected chi connectivity index (χ2v) is 7.74. The highest BCUT2D eigenvalue weighted by molar-refractivity contribution is 7.22. The normalized spacial score (nSPS) is 15.0. The summed E-state index contributed by atoms with van der Waals surface area (Å²) in [6.45, 7) is 5.26. The first-order valence-corrected chi connectivity index (χ1v) is 10.3. The van der Waals surface area contributed by atoms with Gasteiger partial charge in [-0.1, -0.05) is 11.3 Å². The fraction of sp³-hybridized carbons (Fsp3) is 0.400. The van der Waals surface area contributed by atoms with Crippen LogP contribution in [0.4, 0.5) is 5.13 Å². The highest BCUT2D eigenvalue weighted by Gasteiger charge is 2.24. The molecule has 0 atom stereocenters. The van der Waals surface area contributed by atoms with Gasteiger partial charge in [-0.25, -0.2) is 4.98 Å². The molecule has 7 nitrogen and oxygen atoms in total. The third-order valence-corrected chi connectivity index (χ3v) is 5.96. The van der Waals surface area contributed by atoms with Gasteiger partial charge in [-0.05, 0) is 24.3 Å². The molecule has 3 aromatic rings. The van der Waals surface area contributed by atoms with Gasteiger partial charge in [0.15, 0.2) is 10.9 Å². The second kappa shape index (κ2) is 8.72. The number of nitrogens with zero attached hydrogens (tertiary/aromatic N) is 2. The fourth-order valence-electron chi connectivity index (χ4n) is 3.35. The van der Waals surface area contributed by atoms with Crippen molar-refractivity contribution in [1.82, 2.24) is 4.98 Å². The largest absolute Gasteiger partial charge is 0.497 e. The molecular weight excluding hydrogens is 378 g/mol. The molecule has 0 saturated carbocycles. The molecule has 0 spiro atoms. The van der Waals surface area contributed by atoms with Crippen molar-refractivity contribution in [3.8, 4) is 5.75 Å². The van der Waals surface area contributed by atoms with Crippen molar-refractivity contribution >= 4 is 32.6 Å². The van der Waals surface area contributed by atoms with Crippen LogP contribution in [-0.4, -0.2) is 57.4 Å². The number of furan rings is 1. The standard InChI is InChI=1S/C20H23N3O4S/c1-25-15-5-6-18-16(14-15)21-20(28-18)23(19(24)17-4-2-11-27-17)8-3-7-22-9-12-26-13-10-22/h2,4-6,11,14H,3,7-10,12-13H2,1H3/p+1. The minimum Gasteiger partial charge on any atom is -0.497 e. The van der Waals surface area contributed by atoms with Crippen LogP contribution in [0.2, 0.25) is 0 Å². The number of amides is 1. The molecule has 8 heteroatoms. The number of quaternary nitrogens is 1. The van der Waals surface area contributed by atoms with Crippen molar-refractivity contribution in [3.05, 3.63) is 42.4 Å². The number of carbonyl (C=O) groups excluding carboxylic acids is 1. The van der Waals surface area contributed by atoms with Crippen molar-refractivity contribution in [1.29, 1.82) is 0 Å². The molecule has 3 heterocycles. The number of aromatic nitrogens is 1. The number of morpholine rings is 1. The van der Waals surface area contributed by atoms with Crippen LogP contribution in [0.15, 0.2) is 41.0 Å². The predicted octanol–water partition coefficient (Wildman–Crippen LogP) is 1.85. The Kier molecular flexibility index (Phi) is 5.90. The zero-order chi connectivity index (χ0) is 19.3. The molecule has 0 bridgehead atoms. The highest BCUT2D eigenvalue weighted by Crippen LogP contribution is 2.32. The molecule has 1 aliphatic rings. The molecule has 0 aliphatic carbocycles. The average molecular weight is 402 g/mol. The van der Waals surface area contributed by atoms with Crippen LogP contribution < -0.4 is 14.5 Å². The van der Waals surface area contributed by atoms with Gasteiger partial charge in [-0.2, -0.15) is 0 Å². The first-order chi connectivity index (χ1) is 13.7. The number of carbonyl (C=O) groups is 1. The van der Waals surface area contributed by atoms with Crippen molar-refractivity contribution in [2.45, 2.75) is 6.42 Å². The van der Waals surface area contributed by atoms with Gasteiger partial charge in [0.25, 0.3) is 5.91 Å². The van der Waals surface area contributed by atoms with Gasteiger partial charge in [-0.15, -0.1) is 0 Å². The van der Waals surface area contributed by atoms with E-state index in [1.54, 1.807) is 24.1 Å². The summed E-state index contributed by atoms with van der Waals surface area (Å²) in [5, 5.41) is 0.682. The number of methoxy groups -OCH3 is 1. The molecule has 28 heavy (non-hydrogen) atoms. The number of benzene rings is 1. The van der Waals surface area contributed by atoms with Gasteiger partial charge in [-0.3, -0.25) is 9.69 Å². The van der Waals surface area contributed by atoms with Gasteiger partial charge in [0.05, 0.1) is 43.3 Å². The fourth-order valence-corrected chi connectivity index (χ4v) is 4.32. The lowest BCUT2D eigenvalue weighted by molar-refractivity contribution is -0.908. The zero-order valence-corrected chi connectivity index (χ0v) is 16.7. The quantitative estimate of drug-likeness (QED) is 0.653. The van der Waals surface area contributed by atoms with Crippen molar-refractivity contribution in [3.63, 3.8) is 0 Å². The summed E-state index contributed by atoms with van der Waals surface area (Å²) in [6, 6.07) is 9.20. The van der Waals surface area contributed by atoms with Crippen LogP contribution in [0.5, 0.6) is 5.75 Å². The van der Waals surface area contributed by atoms with E-state index in [1.807, 2.05) is 18.2 Å². The summed E-state index contributed by atoms with van der Waals surface area (Å²) in [4.78, 5) is 21.0. The van der Waals surface area contributed by atoms with Crippen molar-refractivity contribution in [2.24, 2.45) is 0 Å². The van der Waals surface area contributed by atoms with E-state index in [1.165, 1.54) is 22.5 Å². The number of anilines is 1. The van der Waals surface area contributed by atoms with E-state index in [2.05, 4.69) is 0 Å². The zero-order valence-electron chi connectivity index (χ0n) is 15.8. The van der Waals surface area contributed by atoms with Crippen molar-refractivity contribution in [2.75, 3.05) is 51.4 Å². The molecule has 1 aromatic carbocycles. The van der Waals surface area contributed by atoms with E-state index >= 15 is 0 Å². The minimum atomic E-state index is -0.159. The Hall–Kier alpha value is -2.42. The first-order valence-electron chi connectivity index (χ1n) is 9.46. The van der Waals surface area contributed by atoms with Crippen LogP contribution in [0.3, 0.4) is 0 Å². The van der Waals surface area contributed by atoms with E-state index in [9.17, 15) is 4.79 Å². The maximum absolute atomic E-state index is 13.0. The summed E-state index contributed by atoms with van der Waals surface area (Å²) in [6.07, 6.45) is 2.41. The van der Waals surface area contributed by atoms with Crippen LogP contribution in [-0.2, 0) is 4.74 Å². The molecule has 1 N–H and O–H groups in total. The summed E-state index contributed by atoms with van der Waals surface area (Å²) < 4.78 is 17.1.